The number of benzene rings is 2. The maximum absolute atomic E-state index is 6.65. The van der Waals surface area contributed by atoms with E-state index in [1.165, 1.54) is 12.8 Å². The molecule has 1 aliphatic heterocycles. The fourth-order valence-corrected chi connectivity index (χ4v) is 5.39. The third kappa shape index (κ3) is 4.74. The van der Waals surface area contributed by atoms with Crippen LogP contribution in [-0.4, -0.2) is 24.9 Å². The first-order chi connectivity index (χ1) is 16.4. The van der Waals surface area contributed by atoms with Crippen molar-refractivity contribution >= 4 is 22.9 Å². The van der Waals surface area contributed by atoms with E-state index in [2.05, 4.69) is 24.0 Å². The number of aryl methyl sites for hydroxylation is 2. The second-order valence-corrected chi connectivity index (χ2v) is 10.5. The number of aromatic nitrogens is 1. The van der Waals surface area contributed by atoms with Crippen molar-refractivity contribution in [1.29, 1.82) is 0 Å². The largest absolute Gasteiger partial charge is 0.496 e. The average molecular weight is 495 g/mol. The number of nitrogens with two attached hydrogens (primary N) is 1. The van der Waals surface area contributed by atoms with Crippen molar-refractivity contribution < 1.29 is 14.2 Å². The van der Waals surface area contributed by atoms with E-state index in [4.69, 9.17) is 36.5 Å². The van der Waals surface area contributed by atoms with E-state index in [9.17, 15) is 0 Å². The first kappa shape index (κ1) is 23.0. The second kappa shape index (κ2) is 9.50. The number of hydrogen-bond acceptors (Lipinski definition) is 6. The standard InChI is InChI=1S/C27H27ClN2O3S/c1-15-10-20(21(28)13-24(15)31-3)27-16(2)34-26(30-27)9-7-22(29)19(11-17-4-5-17)18-6-8-23-25(12-18)33-14-32-23/h6,8,10,12-13,17,19,22H,4-5,11,14,29H2,1-3H3/t19?,22-/m1/s1. The van der Waals surface area contributed by atoms with E-state index in [-0.39, 0.29) is 18.8 Å². The monoisotopic (exact) mass is 494 g/mol. The van der Waals surface area contributed by atoms with Gasteiger partial charge < -0.3 is 19.9 Å². The summed E-state index contributed by atoms with van der Waals surface area (Å²) in [5.41, 5.74) is 10.5. The van der Waals surface area contributed by atoms with Crippen LogP contribution < -0.4 is 19.9 Å². The fourth-order valence-electron chi connectivity index (χ4n) is 4.36. The van der Waals surface area contributed by atoms with Crippen LogP contribution in [0.1, 0.15) is 46.2 Å². The lowest BCUT2D eigenvalue weighted by Gasteiger charge is -2.20. The van der Waals surface area contributed by atoms with Crippen LogP contribution in [0.15, 0.2) is 30.3 Å². The zero-order valence-corrected chi connectivity index (χ0v) is 21.1. The summed E-state index contributed by atoms with van der Waals surface area (Å²) in [5, 5.41) is 1.35. The van der Waals surface area contributed by atoms with Gasteiger partial charge in [-0.3, -0.25) is 0 Å². The summed E-state index contributed by atoms with van der Waals surface area (Å²) in [5.74, 6) is 9.70. The Morgan fingerprint density at radius 2 is 2.00 bits per heavy atom. The third-order valence-corrected chi connectivity index (χ3v) is 7.62. The maximum Gasteiger partial charge on any atom is 0.231 e. The van der Waals surface area contributed by atoms with Crippen LogP contribution >= 0.6 is 22.9 Å². The van der Waals surface area contributed by atoms with Crippen LogP contribution in [0.4, 0.5) is 0 Å². The molecule has 3 aromatic rings. The lowest BCUT2D eigenvalue weighted by molar-refractivity contribution is 0.174. The number of hydrogen-bond donors (Lipinski definition) is 1. The van der Waals surface area contributed by atoms with Gasteiger partial charge in [-0.15, -0.1) is 11.3 Å². The summed E-state index contributed by atoms with van der Waals surface area (Å²) in [6, 6.07) is 9.64. The molecule has 0 radical (unpaired) electrons. The van der Waals surface area contributed by atoms with Crippen molar-refractivity contribution in [3.05, 3.63) is 56.4 Å². The number of ether oxygens (including phenoxy) is 3. The molecule has 1 aliphatic carbocycles. The molecule has 5 nitrogen and oxygen atoms in total. The summed E-state index contributed by atoms with van der Waals surface area (Å²) in [6.07, 6.45) is 3.55. The topological polar surface area (TPSA) is 66.6 Å². The maximum atomic E-state index is 6.65. The lowest BCUT2D eigenvalue weighted by atomic mass is 9.87. The summed E-state index contributed by atoms with van der Waals surface area (Å²) >= 11 is 8.10. The Labute approximate surface area is 209 Å². The third-order valence-electron chi connectivity index (χ3n) is 6.42. The summed E-state index contributed by atoms with van der Waals surface area (Å²) in [7, 11) is 1.64. The van der Waals surface area contributed by atoms with Gasteiger partial charge in [0.15, 0.2) is 16.5 Å². The Bertz CT molecular complexity index is 1290. The van der Waals surface area contributed by atoms with E-state index in [1.807, 2.05) is 32.0 Å². The first-order valence-corrected chi connectivity index (χ1v) is 12.6. The highest BCUT2D eigenvalue weighted by Crippen LogP contribution is 2.42. The van der Waals surface area contributed by atoms with Crippen molar-refractivity contribution in [3.63, 3.8) is 0 Å². The van der Waals surface area contributed by atoms with E-state index in [1.54, 1.807) is 18.4 Å². The summed E-state index contributed by atoms with van der Waals surface area (Å²) < 4.78 is 16.4. The van der Waals surface area contributed by atoms with Crippen LogP contribution in [-0.2, 0) is 0 Å². The number of nitrogens with zero attached hydrogens (tertiary/aromatic N) is 1. The molecule has 2 heterocycles. The molecule has 2 atom stereocenters. The zero-order chi connectivity index (χ0) is 23.8. The molecular weight excluding hydrogens is 468 g/mol. The Kier molecular flexibility index (Phi) is 6.44. The number of fused-ring (bicyclic) bond motifs is 1. The molecule has 5 rings (SSSR count). The number of halogens is 1. The van der Waals surface area contributed by atoms with Gasteiger partial charge in [0.25, 0.3) is 0 Å². The van der Waals surface area contributed by atoms with Gasteiger partial charge in [0.1, 0.15) is 5.75 Å². The van der Waals surface area contributed by atoms with Crippen molar-refractivity contribution in [2.24, 2.45) is 11.7 Å². The van der Waals surface area contributed by atoms with Crippen molar-refractivity contribution in [1.82, 2.24) is 4.98 Å². The lowest BCUT2D eigenvalue weighted by Crippen LogP contribution is -2.27. The van der Waals surface area contributed by atoms with Crippen LogP contribution in [0.2, 0.25) is 5.02 Å². The fraction of sp³-hybridized carbons (Fsp3) is 0.370. The number of methoxy groups -OCH3 is 1. The molecule has 7 heteroatoms. The average Bonchev–Trinajstić information content (AvgIpc) is 3.40. The Balaban J connectivity index is 1.40. The van der Waals surface area contributed by atoms with Gasteiger partial charge in [-0.25, -0.2) is 4.98 Å². The normalized spacial score (nSPS) is 16.0. The molecule has 2 N–H and O–H groups in total. The van der Waals surface area contributed by atoms with E-state index in [0.717, 1.165) is 61.9 Å². The van der Waals surface area contributed by atoms with Crippen LogP contribution in [0.5, 0.6) is 17.2 Å². The molecule has 34 heavy (non-hydrogen) atoms. The minimum atomic E-state index is -0.305. The highest BCUT2D eigenvalue weighted by molar-refractivity contribution is 7.12. The van der Waals surface area contributed by atoms with Crippen LogP contribution in [0.25, 0.3) is 11.3 Å². The van der Waals surface area contributed by atoms with Gasteiger partial charge in [0.05, 0.1) is 23.9 Å². The smallest absolute Gasteiger partial charge is 0.231 e. The molecule has 1 unspecified atom stereocenters. The Hall–Kier alpha value is -2.72. The molecule has 0 amide bonds. The minimum absolute atomic E-state index is 0.133. The second-order valence-electron chi connectivity index (χ2n) is 8.92. The minimum Gasteiger partial charge on any atom is -0.496 e. The van der Waals surface area contributed by atoms with E-state index < -0.39 is 0 Å². The highest BCUT2D eigenvalue weighted by atomic mass is 35.5. The van der Waals surface area contributed by atoms with Crippen LogP contribution in [0, 0.1) is 31.6 Å². The summed E-state index contributed by atoms with van der Waals surface area (Å²) in [6.45, 7) is 4.30. The molecule has 2 aliphatic rings. The molecule has 0 bridgehead atoms. The SMILES string of the molecule is COc1cc(Cl)c(-c2nc(C#C[C@@H](N)C(CC3CC3)c3ccc4c(c3)OCO4)sc2C)cc1C. The Morgan fingerprint density at radius 1 is 1.21 bits per heavy atom. The number of rotatable bonds is 6. The van der Waals surface area contributed by atoms with Gasteiger partial charge in [0.2, 0.25) is 6.79 Å². The molecule has 1 saturated carbocycles. The van der Waals surface area contributed by atoms with Crippen molar-refractivity contribution in [2.75, 3.05) is 13.9 Å². The van der Waals surface area contributed by atoms with E-state index >= 15 is 0 Å². The summed E-state index contributed by atoms with van der Waals surface area (Å²) in [4.78, 5) is 5.85. The van der Waals surface area contributed by atoms with Gasteiger partial charge in [-0.1, -0.05) is 36.4 Å². The quantitative estimate of drug-likeness (QED) is 0.420. The van der Waals surface area contributed by atoms with Crippen molar-refractivity contribution in [3.8, 4) is 40.3 Å². The first-order valence-electron chi connectivity index (χ1n) is 11.4. The van der Waals surface area contributed by atoms with Gasteiger partial charge in [-0.05, 0) is 67.5 Å². The predicted molar refractivity (Wildman–Crippen MR) is 136 cm³/mol. The van der Waals surface area contributed by atoms with Crippen molar-refractivity contribution in [2.45, 2.75) is 45.1 Å². The molecular formula is C27H27ClN2O3S. The molecule has 0 spiro atoms. The molecule has 0 saturated heterocycles. The van der Waals surface area contributed by atoms with Crippen LogP contribution in [0.3, 0.4) is 0 Å². The molecule has 2 aromatic carbocycles. The van der Waals surface area contributed by atoms with Gasteiger partial charge >= 0.3 is 0 Å². The predicted octanol–water partition coefficient (Wildman–Crippen LogP) is 6.08. The number of thiazole rings is 1. The highest BCUT2D eigenvalue weighted by Gasteiger charge is 2.30. The van der Waals surface area contributed by atoms with Gasteiger partial charge in [-0.2, -0.15) is 0 Å². The molecule has 1 aromatic heterocycles. The molecule has 176 valence electrons. The molecule has 1 fully saturated rings. The zero-order valence-electron chi connectivity index (χ0n) is 19.5. The van der Waals surface area contributed by atoms with Gasteiger partial charge in [0, 0.05) is 16.4 Å². The Morgan fingerprint density at radius 3 is 2.76 bits per heavy atom. The van der Waals surface area contributed by atoms with E-state index in [0.29, 0.717) is 5.02 Å².